The molecule has 1 saturated heterocycles. The highest BCUT2D eigenvalue weighted by Gasteiger charge is 2.70. The number of amides is 1. The van der Waals surface area contributed by atoms with Crippen LogP contribution < -0.4 is 19.7 Å². The molecule has 7 heteroatoms. The van der Waals surface area contributed by atoms with Gasteiger partial charge in [0.15, 0.2) is 11.6 Å². The number of allylic oxidation sites excluding steroid dienone is 1. The predicted molar refractivity (Wildman–Crippen MR) is 145 cm³/mol. The maximum Gasteiger partial charge on any atom is 0.238 e. The molecule has 1 fully saturated rings. The Bertz CT molecular complexity index is 1540. The van der Waals surface area contributed by atoms with E-state index in [1.165, 1.54) is 21.1 Å². The molecule has 0 saturated carbocycles. The van der Waals surface area contributed by atoms with Gasteiger partial charge in [-0.05, 0) is 55.3 Å². The summed E-state index contributed by atoms with van der Waals surface area (Å²) in [5.74, 6) is -1.00. The van der Waals surface area contributed by atoms with E-state index >= 15 is 0 Å². The van der Waals surface area contributed by atoms with Crippen LogP contribution in [0.25, 0.3) is 5.57 Å². The Morgan fingerprint density at radius 1 is 0.974 bits per heavy atom. The van der Waals surface area contributed by atoms with Gasteiger partial charge in [-0.2, -0.15) is 0 Å². The largest absolute Gasteiger partial charge is 0.497 e. The van der Waals surface area contributed by atoms with Crippen molar-refractivity contribution in [2.45, 2.75) is 31.3 Å². The molecule has 0 unspecified atom stereocenters. The number of nitrogens with zero attached hydrogens (tertiary/aromatic N) is 1. The topological polar surface area (TPSA) is 84.9 Å². The molecule has 0 aliphatic carbocycles. The van der Waals surface area contributed by atoms with Gasteiger partial charge in [-0.3, -0.25) is 14.4 Å². The van der Waals surface area contributed by atoms with Crippen LogP contribution in [0.2, 0.25) is 0 Å². The van der Waals surface area contributed by atoms with Crippen LogP contribution in [-0.4, -0.2) is 43.8 Å². The van der Waals surface area contributed by atoms with E-state index in [0.717, 1.165) is 16.8 Å². The third kappa shape index (κ3) is 3.05. The van der Waals surface area contributed by atoms with Crippen LogP contribution in [0.1, 0.15) is 35.3 Å². The molecule has 4 atom stereocenters. The van der Waals surface area contributed by atoms with Crippen LogP contribution in [0.15, 0.2) is 72.8 Å². The molecule has 0 radical (unpaired) electrons. The second-order valence-corrected chi connectivity index (χ2v) is 10.1. The fourth-order valence-electron chi connectivity index (χ4n) is 6.71. The SMILES string of the molecule is COc1ccc(OC)c(C(=O)[C@@H]2[C@H](C(C)=O)N3c4ccccc4C(C)=C[C@@H]3[C@@]23C(=O)Nc2ccccc23)c1. The molecule has 192 valence electrons. The maximum absolute atomic E-state index is 14.7. The highest BCUT2D eigenvalue weighted by atomic mass is 16.5. The molecule has 1 N–H and O–H groups in total. The fourth-order valence-corrected chi connectivity index (χ4v) is 6.71. The normalized spacial score (nSPS) is 24.7. The molecular formula is C31H28N2O5. The second kappa shape index (κ2) is 8.58. The highest BCUT2D eigenvalue weighted by Crippen LogP contribution is 2.58. The van der Waals surface area contributed by atoms with Crippen molar-refractivity contribution in [1.29, 1.82) is 0 Å². The van der Waals surface area contributed by atoms with Crippen molar-refractivity contribution >= 4 is 34.4 Å². The lowest BCUT2D eigenvalue weighted by Gasteiger charge is -2.39. The summed E-state index contributed by atoms with van der Waals surface area (Å²) in [6.45, 7) is 3.50. The molecule has 3 heterocycles. The van der Waals surface area contributed by atoms with E-state index in [-0.39, 0.29) is 23.0 Å². The number of hydrogen-bond acceptors (Lipinski definition) is 6. The molecule has 1 amide bonds. The lowest BCUT2D eigenvalue weighted by atomic mass is 9.64. The number of benzene rings is 3. The number of fused-ring (bicyclic) bond motifs is 6. The van der Waals surface area contributed by atoms with Crippen LogP contribution in [0.3, 0.4) is 0 Å². The number of carbonyl (C=O) groups is 3. The monoisotopic (exact) mass is 508 g/mol. The van der Waals surface area contributed by atoms with Gasteiger partial charge in [-0.1, -0.05) is 42.5 Å². The molecule has 3 aromatic carbocycles. The number of ether oxygens (including phenoxy) is 2. The Hall–Kier alpha value is -4.39. The van der Waals surface area contributed by atoms with Gasteiger partial charge < -0.3 is 19.7 Å². The number of para-hydroxylation sites is 2. The fraction of sp³-hybridized carbons (Fsp3) is 0.258. The molecule has 0 bridgehead atoms. The van der Waals surface area contributed by atoms with Crippen molar-refractivity contribution in [2.75, 3.05) is 24.4 Å². The van der Waals surface area contributed by atoms with Gasteiger partial charge in [0.25, 0.3) is 0 Å². The number of hydrogen-bond donors (Lipinski definition) is 1. The maximum atomic E-state index is 14.7. The summed E-state index contributed by atoms with van der Waals surface area (Å²) < 4.78 is 11.0. The first kappa shape index (κ1) is 24.0. The highest BCUT2D eigenvalue weighted by molar-refractivity contribution is 6.17. The van der Waals surface area contributed by atoms with Crippen LogP contribution in [0, 0.1) is 5.92 Å². The molecule has 7 nitrogen and oxygen atoms in total. The van der Waals surface area contributed by atoms with Crippen molar-refractivity contribution < 1.29 is 23.9 Å². The predicted octanol–water partition coefficient (Wildman–Crippen LogP) is 4.66. The lowest BCUT2D eigenvalue weighted by molar-refractivity contribution is -0.122. The van der Waals surface area contributed by atoms with E-state index in [4.69, 9.17) is 9.47 Å². The summed E-state index contributed by atoms with van der Waals surface area (Å²) in [7, 11) is 3.02. The van der Waals surface area contributed by atoms with Gasteiger partial charge in [0, 0.05) is 16.9 Å². The number of nitrogens with one attached hydrogen (secondary N) is 1. The number of Topliss-reactive ketones (excluding diaryl/α,β-unsaturated/α-hetero) is 2. The average Bonchev–Trinajstić information content (AvgIpc) is 3.40. The number of anilines is 2. The first-order valence-corrected chi connectivity index (χ1v) is 12.6. The van der Waals surface area contributed by atoms with Gasteiger partial charge >= 0.3 is 0 Å². The first-order valence-electron chi connectivity index (χ1n) is 12.6. The third-order valence-electron chi connectivity index (χ3n) is 8.25. The summed E-state index contributed by atoms with van der Waals surface area (Å²) in [5, 5.41) is 3.03. The number of methoxy groups -OCH3 is 2. The number of rotatable bonds is 5. The summed E-state index contributed by atoms with van der Waals surface area (Å²) in [4.78, 5) is 44.5. The molecule has 3 aromatic rings. The minimum atomic E-state index is -1.34. The summed E-state index contributed by atoms with van der Waals surface area (Å²) in [6.07, 6.45) is 2.04. The summed E-state index contributed by atoms with van der Waals surface area (Å²) in [5.41, 5.74) is 3.11. The van der Waals surface area contributed by atoms with E-state index in [1.807, 2.05) is 66.4 Å². The second-order valence-electron chi connectivity index (χ2n) is 10.1. The lowest BCUT2D eigenvalue weighted by Crippen LogP contribution is -2.51. The minimum absolute atomic E-state index is 0.188. The van der Waals surface area contributed by atoms with Crippen molar-refractivity contribution in [3.05, 3.63) is 89.5 Å². The van der Waals surface area contributed by atoms with Gasteiger partial charge in [0.2, 0.25) is 5.91 Å². The molecule has 38 heavy (non-hydrogen) atoms. The van der Waals surface area contributed by atoms with Crippen LogP contribution in [0.5, 0.6) is 11.5 Å². The summed E-state index contributed by atoms with van der Waals surface area (Å²) >= 11 is 0. The zero-order valence-electron chi connectivity index (χ0n) is 21.6. The number of carbonyl (C=O) groups excluding carboxylic acids is 3. The van der Waals surface area contributed by atoms with Crippen molar-refractivity contribution in [1.82, 2.24) is 0 Å². The molecular weight excluding hydrogens is 480 g/mol. The van der Waals surface area contributed by atoms with E-state index < -0.39 is 23.4 Å². The quantitative estimate of drug-likeness (QED) is 0.505. The van der Waals surface area contributed by atoms with Gasteiger partial charge in [-0.15, -0.1) is 0 Å². The Balaban J connectivity index is 1.68. The first-order chi connectivity index (χ1) is 18.3. The van der Waals surface area contributed by atoms with E-state index in [0.29, 0.717) is 22.7 Å². The Labute approximate surface area is 221 Å². The number of ketones is 2. The van der Waals surface area contributed by atoms with E-state index in [2.05, 4.69) is 5.32 Å². The zero-order chi connectivity index (χ0) is 26.8. The van der Waals surface area contributed by atoms with Crippen LogP contribution in [-0.2, 0) is 15.0 Å². The molecule has 3 aliphatic rings. The third-order valence-corrected chi connectivity index (χ3v) is 8.25. The average molecular weight is 509 g/mol. The summed E-state index contributed by atoms with van der Waals surface area (Å²) in [6, 6.07) is 18.9. The van der Waals surface area contributed by atoms with Crippen molar-refractivity contribution in [2.24, 2.45) is 5.92 Å². The molecule has 3 aliphatic heterocycles. The van der Waals surface area contributed by atoms with Gasteiger partial charge in [0.05, 0.1) is 37.8 Å². The smallest absolute Gasteiger partial charge is 0.238 e. The Morgan fingerprint density at radius 2 is 1.71 bits per heavy atom. The van der Waals surface area contributed by atoms with E-state index in [9.17, 15) is 14.4 Å². The van der Waals surface area contributed by atoms with Crippen LogP contribution in [0.4, 0.5) is 11.4 Å². The van der Waals surface area contributed by atoms with Gasteiger partial charge in [0.1, 0.15) is 16.9 Å². The Morgan fingerprint density at radius 3 is 2.45 bits per heavy atom. The van der Waals surface area contributed by atoms with Crippen molar-refractivity contribution in [3.63, 3.8) is 0 Å². The van der Waals surface area contributed by atoms with Crippen molar-refractivity contribution in [3.8, 4) is 11.5 Å². The van der Waals surface area contributed by atoms with Crippen LogP contribution >= 0.6 is 0 Å². The molecule has 1 spiro atoms. The molecule has 0 aromatic heterocycles. The standard InChI is InChI=1S/C31H28N2O5/c1-17-15-26-31(22-10-6-7-11-23(22)32-30(31)36)27(29(35)21-16-19(37-3)13-14-25(21)38-4)28(18(2)34)33(26)24-12-8-5-9-20(17)24/h5-16,26-28H,1-4H3,(H,32,36)/t26-,27+,28+,31-/m1/s1. The Kier molecular flexibility index (Phi) is 5.42. The van der Waals surface area contributed by atoms with E-state index in [1.54, 1.807) is 18.2 Å². The van der Waals surface area contributed by atoms with Gasteiger partial charge in [-0.25, -0.2) is 0 Å². The minimum Gasteiger partial charge on any atom is -0.497 e. The molecule has 6 rings (SSSR count). The zero-order valence-corrected chi connectivity index (χ0v) is 21.6.